The Bertz CT molecular complexity index is 561. The Hall–Kier alpha value is -1.44. The highest BCUT2D eigenvalue weighted by atomic mass is 19.1. The largest absolute Gasteiger partial charge is 0.316 e. The maximum Gasteiger partial charge on any atom is 0.127 e. The lowest BCUT2D eigenvalue weighted by Gasteiger charge is -2.35. The molecule has 1 aromatic rings. The molecule has 20 heavy (non-hydrogen) atoms. The number of hydrogen-bond acceptors (Lipinski definition) is 3. The van der Waals surface area contributed by atoms with Crippen molar-refractivity contribution in [2.75, 3.05) is 19.6 Å². The van der Waals surface area contributed by atoms with E-state index in [4.69, 9.17) is 5.26 Å². The minimum absolute atomic E-state index is 0.0727. The molecule has 0 aromatic heterocycles. The van der Waals surface area contributed by atoms with Crippen LogP contribution in [0.5, 0.6) is 0 Å². The van der Waals surface area contributed by atoms with E-state index in [1.807, 2.05) is 0 Å². The van der Waals surface area contributed by atoms with Crippen molar-refractivity contribution in [3.63, 3.8) is 0 Å². The Labute approximate surface area is 119 Å². The molecule has 1 N–H and O–H groups in total. The van der Waals surface area contributed by atoms with E-state index in [0.717, 1.165) is 19.6 Å². The molecule has 3 nitrogen and oxygen atoms in total. The topological polar surface area (TPSA) is 39.1 Å². The molecule has 2 unspecified atom stereocenters. The van der Waals surface area contributed by atoms with E-state index in [0.29, 0.717) is 29.5 Å². The van der Waals surface area contributed by atoms with E-state index in [1.165, 1.54) is 12.1 Å². The molecule has 0 amide bonds. The molecule has 3 rings (SSSR count). The van der Waals surface area contributed by atoms with Crippen LogP contribution in [0.25, 0.3) is 0 Å². The number of fused-ring (bicyclic) bond motifs is 1. The number of nitrogens with one attached hydrogen (secondary N) is 1. The van der Waals surface area contributed by atoms with Crippen LogP contribution in [0.4, 0.5) is 4.39 Å². The van der Waals surface area contributed by atoms with Gasteiger partial charge in [0.15, 0.2) is 0 Å². The molecule has 1 aromatic carbocycles. The molecular formula is C16H20FN3. The Balaban J connectivity index is 1.84. The van der Waals surface area contributed by atoms with Crippen molar-refractivity contribution in [2.45, 2.75) is 25.9 Å². The molecule has 2 saturated heterocycles. The van der Waals surface area contributed by atoms with E-state index in [-0.39, 0.29) is 11.4 Å². The normalized spacial score (nSPS) is 28.3. The lowest BCUT2D eigenvalue weighted by molar-refractivity contribution is 0.130. The monoisotopic (exact) mass is 273 g/mol. The van der Waals surface area contributed by atoms with Gasteiger partial charge in [-0.15, -0.1) is 0 Å². The van der Waals surface area contributed by atoms with Gasteiger partial charge in [-0.3, -0.25) is 4.90 Å². The molecule has 2 heterocycles. The zero-order chi connectivity index (χ0) is 14.3. The second-order valence-electron chi connectivity index (χ2n) is 6.48. The molecule has 2 fully saturated rings. The number of nitriles is 1. The third-order valence-electron chi connectivity index (χ3n) is 5.05. The Morgan fingerprint density at radius 2 is 2.25 bits per heavy atom. The SMILES string of the molecule is CC1(C)C2CNCC2CN1Cc1cc(C#N)ccc1F. The number of rotatable bonds is 2. The molecule has 0 spiro atoms. The van der Waals surface area contributed by atoms with Gasteiger partial charge in [-0.1, -0.05) is 0 Å². The summed E-state index contributed by atoms with van der Waals surface area (Å²) in [7, 11) is 0. The number of halogens is 1. The number of nitrogens with zero attached hydrogens (tertiary/aromatic N) is 2. The fraction of sp³-hybridized carbons (Fsp3) is 0.562. The predicted octanol–water partition coefficient (Wildman–Crippen LogP) is 2.13. The van der Waals surface area contributed by atoms with Crippen LogP contribution in [-0.2, 0) is 6.54 Å². The van der Waals surface area contributed by atoms with Crippen molar-refractivity contribution in [3.8, 4) is 6.07 Å². The fourth-order valence-electron chi connectivity index (χ4n) is 3.74. The van der Waals surface area contributed by atoms with Crippen molar-refractivity contribution in [1.82, 2.24) is 10.2 Å². The van der Waals surface area contributed by atoms with Crippen LogP contribution < -0.4 is 5.32 Å². The molecule has 0 bridgehead atoms. The van der Waals surface area contributed by atoms with Crippen molar-refractivity contribution in [3.05, 3.63) is 35.1 Å². The average Bonchev–Trinajstić information content (AvgIpc) is 2.96. The molecule has 2 atom stereocenters. The van der Waals surface area contributed by atoms with Gasteiger partial charge in [0.05, 0.1) is 11.6 Å². The van der Waals surface area contributed by atoms with Crippen LogP contribution in [0.1, 0.15) is 25.0 Å². The smallest absolute Gasteiger partial charge is 0.127 e. The van der Waals surface area contributed by atoms with Crippen LogP contribution in [0.2, 0.25) is 0 Å². The Morgan fingerprint density at radius 3 is 2.95 bits per heavy atom. The van der Waals surface area contributed by atoms with Gasteiger partial charge >= 0.3 is 0 Å². The van der Waals surface area contributed by atoms with E-state index >= 15 is 0 Å². The van der Waals surface area contributed by atoms with Crippen LogP contribution in [0, 0.1) is 29.0 Å². The molecule has 0 aliphatic carbocycles. The zero-order valence-electron chi connectivity index (χ0n) is 12.0. The summed E-state index contributed by atoms with van der Waals surface area (Å²) in [5, 5.41) is 12.4. The summed E-state index contributed by atoms with van der Waals surface area (Å²) < 4.78 is 14.0. The van der Waals surface area contributed by atoms with Gasteiger partial charge in [0, 0.05) is 30.7 Å². The van der Waals surface area contributed by atoms with Gasteiger partial charge in [-0.25, -0.2) is 4.39 Å². The van der Waals surface area contributed by atoms with E-state index in [9.17, 15) is 4.39 Å². The number of benzene rings is 1. The number of hydrogen-bond donors (Lipinski definition) is 1. The lowest BCUT2D eigenvalue weighted by Crippen LogP contribution is -2.44. The third kappa shape index (κ3) is 2.11. The third-order valence-corrected chi connectivity index (χ3v) is 5.05. The lowest BCUT2D eigenvalue weighted by atomic mass is 9.85. The molecule has 2 aliphatic heterocycles. The maximum absolute atomic E-state index is 14.0. The molecule has 0 radical (unpaired) electrons. The quantitative estimate of drug-likeness (QED) is 0.897. The fourth-order valence-corrected chi connectivity index (χ4v) is 3.74. The minimum atomic E-state index is -0.213. The van der Waals surface area contributed by atoms with Gasteiger partial charge in [-0.05, 0) is 50.4 Å². The predicted molar refractivity (Wildman–Crippen MR) is 75.5 cm³/mol. The summed E-state index contributed by atoms with van der Waals surface area (Å²) in [6.07, 6.45) is 0. The van der Waals surface area contributed by atoms with Gasteiger partial charge < -0.3 is 5.32 Å². The Kier molecular flexibility index (Phi) is 3.27. The van der Waals surface area contributed by atoms with Gasteiger partial charge in [0.25, 0.3) is 0 Å². The second kappa shape index (κ2) is 4.83. The highest BCUT2D eigenvalue weighted by molar-refractivity contribution is 5.34. The summed E-state index contributed by atoms with van der Waals surface area (Å²) in [6.45, 7) is 8.19. The summed E-state index contributed by atoms with van der Waals surface area (Å²) >= 11 is 0. The van der Waals surface area contributed by atoms with Gasteiger partial charge in [-0.2, -0.15) is 5.26 Å². The van der Waals surface area contributed by atoms with E-state index in [2.05, 4.69) is 30.1 Å². The van der Waals surface area contributed by atoms with Crippen LogP contribution >= 0.6 is 0 Å². The minimum Gasteiger partial charge on any atom is -0.316 e. The molecule has 4 heteroatoms. The first-order valence-electron chi connectivity index (χ1n) is 7.16. The van der Waals surface area contributed by atoms with Crippen LogP contribution in [-0.4, -0.2) is 30.1 Å². The molecular weight excluding hydrogens is 253 g/mol. The van der Waals surface area contributed by atoms with Crippen LogP contribution in [0.3, 0.4) is 0 Å². The van der Waals surface area contributed by atoms with Gasteiger partial charge in [0.2, 0.25) is 0 Å². The number of likely N-dealkylation sites (tertiary alicyclic amines) is 1. The highest BCUT2D eigenvalue weighted by Gasteiger charge is 2.49. The van der Waals surface area contributed by atoms with Crippen molar-refractivity contribution in [1.29, 1.82) is 5.26 Å². The summed E-state index contributed by atoms with van der Waals surface area (Å²) in [6, 6.07) is 6.70. The van der Waals surface area contributed by atoms with Gasteiger partial charge in [0.1, 0.15) is 5.82 Å². The molecule has 106 valence electrons. The molecule has 2 aliphatic rings. The van der Waals surface area contributed by atoms with Crippen molar-refractivity contribution >= 4 is 0 Å². The first-order chi connectivity index (χ1) is 9.52. The second-order valence-corrected chi connectivity index (χ2v) is 6.48. The summed E-state index contributed by atoms with van der Waals surface area (Å²) in [5.74, 6) is 1.08. The first-order valence-corrected chi connectivity index (χ1v) is 7.16. The average molecular weight is 273 g/mol. The van der Waals surface area contributed by atoms with Crippen LogP contribution in [0.15, 0.2) is 18.2 Å². The summed E-state index contributed by atoms with van der Waals surface area (Å²) in [4.78, 5) is 2.36. The maximum atomic E-state index is 14.0. The zero-order valence-corrected chi connectivity index (χ0v) is 12.0. The molecule has 0 saturated carbocycles. The van der Waals surface area contributed by atoms with Crippen molar-refractivity contribution in [2.24, 2.45) is 11.8 Å². The highest BCUT2D eigenvalue weighted by Crippen LogP contribution is 2.41. The Morgan fingerprint density at radius 1 is 1.45 bits per heavy atom. The van der Waals surface area contributed by atoms with E-state index < -0.39 is 0 Å². The summed E-state index contributed by atoms with van der Waals surface area (Å²) in [5.41, 5.74) is 1.23. The van der Waals surface area contributed by atoms with Crippen molar-refractivity contribution < 1.29 is 4.39 Å². The van der Waals surface area contributed by atoms with E-state index in [1.54, 1.807) is 6.07 Å². The standard InChI is InChI=1S/C16H20FN3/c1-16(2)14-8-19-7-13(14)10-20(16)9-12-5-11(6-18)3-4-15(12)17/h3-5,13-14,19H,7-10H2,1-2H3. The first kappa shape index (κ1) is 13.5.